The number of rotatable bonds is 3. The number of carboxylic acids is 1. The molecular weight excluding hydrogens is 188 g/mol. The molecule has 0 aromatic heterocycles. The summed E-state index contributed by atoms with van der Waals surface area (Å²) in [5, 5.41) is 9.19. The molecule has 0 aliphatic heterocycles. The molecule has 0 heterocycles. The normalized spacial score (nSPS) is 13.5. The number of carboxylic acid groups (broad SMARTS) is 1. The van der Waals surface area contributed by atoms with E-state index in [0.29, 0.717) is 6.42 Å². The summed E-state index contributed by atoms with van der Waals surface area (Å²) in [6, 6.07) is 9.43. The zero-order valence-electron chi connectivity index (χ0n) is 9.53. The molecule has 15 heavy (non-hydrogen) atoms. The van der Waals surface area contributed by atoms with E-state index < -0.39 is 11.9 Å². The van der Waals surface area contributed by atoms with Crippen molar-refractivity contribution in [2.75, 3.05) is 0 Å². The van der Waals surface area contributed by atoms with Crippen LogP contribution in [0, 0.1) is 5.41 Å². The Hall–Kier alpha value is -1.31. The minimum atomic E-state index is -0.740. The lowest BCUT2D eigenvalue weighted by molar-refractivity contribution is -0.139. The molecule has 0 unspecified atom stereocenters. The van der Waals surface area contributed by atoms with Gasteiger partial charge in [-0.1, -0.05) is 51.1 Å². The standard InChI is InChI=1S/C13H18O2/c1-13(2,3)9-11(12(14)15)10-7-5-4-6-8-10/h4-8,11H,9H2,1-3H3,(H,14,15)/t11-/m0/s1. The van der Waals surface area contributed by atoms with Crippen LogP contribution in [0.15, 0.2) is 30.3 Å². The number of benzene rings is 1. The Morgan fingerprint density at radius 3 is 2.20 bits per heavy atom. The molecule has 1 rings (SSSR count). The summed E-state index contributed by atoms with van der Waals surface area (Å²) in [7, 11) is 0. The van der Waals surface area contributed by atoms with E-state index in [9.17, 15) is 9.90 Å². The largest absolute Gasteiger partial charge is 0.481 e. The van der Waals surface area contributed by atoms with Gasteiger partial charge >= 0.3 is 5.97 Å². The van der Waals surface area contributed by atoms with Crippen LogP contribution in [0.5, 0.6) is 0 Å². The first-order valence-corrected chi connectivity index (χ1v) is 5.18. The van der Waals surface area contributed by atoms with Gasteiger partial charge in [-0.2, -0.15) is 0 Å². The Morgan fingerprint density at radius 2 is 1.80 bits per heavy atom. The van der Waals surface area contributed by atoms with E-state index in [0.717, 1.165) is 5.56 Å². The van der Waals surface area contributed by atoms with Crippen LogP contribution < -0.4 is 0 Å². The van der Waals surface area contributed by atoms with Crippen molar-refractivity contribution in [3.63, 3.8) is 0 Å². The van der Waals surface area contributed by atoms with Crippen LogP contribution in [-0.2, 0) is 4.79 Å². The van der Waals surface area contributed by atoms with Gasteiger partial charge < -0.3 is 5.11 Å². The molecule has 0 saturated heterocycles. The van der Waals surface area contributed by atoms with Gasteiger partial charge in [0.05, 0.1) is 5.92 Å². The van der Waals surface area contributed by atoms with Crippen LogP contribution in [-0.4, -0.2) is 11.1 Å². The van der Waals surface area contributed by atoms with Crippen LogP contribution >= 0.6 is 0 Å². The summed E-state index contributed by atoms with van der Waals surface area (Å²) in [5.74, 6) is -1.14. The topological polar surface area (TPSA) is 37.3 Å². The number of hydrogen-bond acceptors (Lipinski definition) is 1. The molecule has 0 saturated carbocycles. The van der Waals surface area contributed by atoms with Gasteiger partial charge in [0.25, 0.3) is 0 Å². The molecule has 0 amide bonds. The maximum atomic E-state index is 11.2. The first kappa shape index (κ1) is 11.8. The second-order valence-electron chi connectivity index (χ2n) is 5.07. The average molecular weight is 206 g/mol. The molecule has 0 aliphatic carbocycles. The first-order valence-electron chi connectivity index (χ1n) is 5.18. The predicted octanol–water partition coefficient (Wildman–Crippen LogP) is 3.29. The fraction of sp³-hybridized carbons (Fsp3) is 0.462. The van der Waals surface area contributed by atoms with Crippen molar-refractivity contribution in [2.24, 2.45) is 5.41 Å². The van der Waals surface area contributed by atoms with Crippen molar-refractivity contribution in [3.8, 4) is 0 Å². The molecule has 2 heteroatoms. The van der Waals surface area contributed by atoms with Crippen LogP contribution in [0.3, 0.4) is 0 Å². The average Bonchev–Trinajstić information content (AvgIpc) is 2.14. The molecule has 1 aromatic carbocycles. The lowest BCUT2D eigenvalue weighted by Crippen LogP contribution is -2.19. The third-order valence-corrected chi connectivity index (χ3v) is 2.32. The van der Waals surface area contributed by atoms with Gasteiger partial charge in [0.15, 0.2) is 0 Å². The summed E-state index contributed by atoms with van der Waals surface area (Å²) >= 11 is 0. The van der Waals surface area contributed by atoms with Crippen molar-refractivity contribution in [3.05, 3.63) is 35.9 Å². The molecule has 1 atom stereocenters. The summed E-state index contributed by atoms with van der Waals surface area (Å²) < 4.78 is 0. The highest BCUT2D eigenvalue weighted by molar-refractivity contribution is 5.76. The first-order chi connectivity index (χ1) is 6.90. The predicted molar refractivity (Wildman–Crippen MR) is 60.9 cm³/mol. The van der Waals surface area contributed by atoms with Crippen molar-refractivity contribution < 1.29 is 9.90 Å². The quantitative estimate of drug-likeness (QED) is 0.824. The van der Waals surface area contributed by atoms with E-state index in [1.54, 1.807) is 0 Å². The molecule has 1 aromatic rings. The minimum absolute atomic E-state index is 0.0267. The number of carbonyl (C=O) groups is 1. The molecule has 1 N–H and O–H groups in total. The smallest absolute Gasteiger partial charge is 0.310 e. The minimum Gasteiger partial charge on any atom is -0.481 e. The fourth-order valence-corrected chi connectivity index (χ4v) is 1.65. The summed E-state index contributed by atoms with van der Waals surface area (Å²) in [4.78, 5) is 11.2. The monoisotopic (exact) mass is 206 g/mol. The molecule has 2 nitrogen and oxygen atoms in total. The SMILES string of the molecule is CC(C)(C)C[C@H](C(=O)O)c1ccccc1. The zero-order valence-corrected chi connectivity index (χ0v) is 9.53. The number of aliphatic carboxylic acids is 1. The van der Waals surface area contributed by atoms with E-state index in [4.69, 9.17) is 0 Å². The Morgan fingerprint density at radius 1 is 1.27 bits per heavy atom. The van der Waals surface area contributed by atoms with E-state index in [1.807, 2.05) is 30.3 Å². The molecule has 0 radical (unpaired) electrons. The molecular formula is C13H18O2. The van der Waals surface area contributed by atoms with Gasteiger partial charge in [-0.3, -0.25) is 4.79 Å². The molecule has 0 spiro atoms. The molecule has 82 valence electrons. The van der Waals surface area contributed by atoms with Crippen LogP contribution in [0.1, 0.15) is 38.7 Å². The lowest BCUT2D eigenvalue weighted by atomic mass is 9.81. The summed E-state index contributed by atoms with van der Waals surface area (Å²) in [5.41, 5.74) is 0.916. The summed E-state index contributed by atoms with van der Waals surface area (Å²) in [6.07, 6.45) is 0.659. The van der Waals surface area contributed by atoms with Crippen LogP contribution in [0.4, 0.5) is 0 Å². The Balaban J connectivity index is 2.90. The van der Waals surface area contributed by atoms with E-state index in [1.165, 1.54) is 0 Å². The fourth-order valence-electron chi connectivity index (χ4n) is 1.65. The third kappa shape index (κ3) is 3.74. The van der Waals surface area contributed by atoms with Crippen LogP contribution in [0.2, 0.25) is 0 Å². The van der Waals surface area contributed by atoms with Crippen molar-refractivity contribution in [2.45, 2.75) is 33.1 Å². The van der Waals surface area contributed by atoms with Gasteiger partial charge in [-0.05, 0) is 17.4 Å². The molecule has 0 fully saturated rings. The van der Waals surface area contributed by atoms with Crippen molar-refractivity contribution >= 4 is 5.97 Å². The van der Waals surface area contributed by atoms with E-state index in [2.05, 4.69) is 20.8 Å². The number of hydrogen-bond donors (Lipinski definition) is 1. The second kappa shape index (κ2) is 4.47. The van der Waals surface area contributed by atoms with Gasteiger partial charge in [-0.25, -0.2) is 0 Å². The summed E-state index contributed by atoms with van der Waals surface area (Å²) in [6.45, 7) is 6.18. The van der Waals surface area contributed by atoms with E-state index >= 15 is 0 Å². The highest BCUT2D eigenvalue weighted by Gasteiger charge is 2.25. The van der Waals surface area contributed by atoms with E-state index in [-0.39, 0.29) is 5.41 Å². The maximum Gasteiger partial charge on any atom is 0.310 e. The maximum absolute atomic E-state index is 11.2. The highest BCUT2D eigenvalue weighted by Crippen LogP contribution is 2.31. The molecule has 0 bridgehead atoms. The van der Waals surface area contributed by atoms with Crippen LogP contribution in [0.25, 0.3) is 0 Å². The Kier molecular flexibility index (Phi) is 3.51. The Labute approximate surface area is 90.9 Å². The third-order valence-electron chi connectivity index (χ3n) is 2.32. The Bertz CT molecular complexity index is 322. The van der Waals surface area contributed by atoms with Gasteiger partial charge in [-0.15, -0.1) is 0 Å². The van der Waals surface area contributed by atoms with Gasteiger partial charge in [0.1, 0.15) is 0 Å². The lowest BCUT2D eigenvalue weighted by Gasteiger charge is -2.23. The highest BCUT2D eigenvalue weighted by atomic mass is 16.4. The van der Waals surface area contributed by atoms with Crippen molar-refractivity contribution in [1.82, 2.24) is 0 Å². The second-order valence-corrected chi connectivity index (χ2v) is 5.07. The van der Waals surface area contributed by atoms with Gasteiger partial charge in [0.2, 0.25) is 0 Å². The van der Waals surface area contributed by atoms with Gasteiger partial charge in [0, 0.05) is 0 Å². The zero-order chi connectivity index (χ0) is 11.5. The molecule has 0 aliphatic rings. The van der Waals surface area contributed by atoms with Crippen molar-refractivity contribution in [1.29, 1.82) is 0 Å².